The van der Waals surface area contributed by atoms with Gasteiger partial charge in [-0.1, -0.05) is 0 Å². The Kier molecular flexibility index (Phi) is 5.65. The molecule has 1 saturated carbocycles. The van der Waals surface area contributed by atoms with E-state index in [2.05, 4.69) is 102 Å². The SMILES string of the molecule is Cn1cc(-c2ccccc2)n(Cc2ccccc2)[c]1=[Pt].NC1CC1. The Balaban J connectivity index is 0.000000370. The number of imidazole rings is 1. The molecule has 0 unspecified atom stereocenters. The third-order valence-electron chi connectivity index (χ3n) is 3.96. The minimum Gasteiger partial charge on any atom is -0.328 e. The Morgan fingerprint density at radius 1 is 1.00 bits per heavy atom. The van der Waals surface area contributed by atoms with Crippen LogP contribution in [-0.4, -0.2) is 15.2 Å². The number of hydrogen-bond donors (Lipinski definition) is 1. The molecule has 4 rings (SSSR count). The summed E-state index contributed by atoms with van der Waals surface area (Å²) in [6.45, 7) is 0.894. The zero-order valence-corrected chi connectivity index (χ0v) is 16.1. The maximum absolute atomic E-state index is 5.22. The second-order valence-electron chi connectivity index (χ2n) is 6.14. The van der Waals surface area contributed by atoms with Gasteiger partial charge in [0.05, 0.1) is 0 Å². The number of rotatable bonds is 3. The quantitative estimate of drug-likeness (QED) is 0.585. The number of nitrogens with two attached hydrogens (primary N) is 1. The fraction of sp³-hybridized carbons (Fsp3) is 0.250. The van der Waals surface area contributed by atoms with E-state index in [1.54, 1.807) is 0 Å². The van der Waals surface area contributed by atoms with Crippen LogP contribution in [0, 0.1) is 3.80 Å². The Morgan fingerprint density at radius 2 is 1.54 bits per heavy atom. The molecule has 0 amide bonds. The Labute approximate surface area is 154 Å². The molecule has 3 nitrogen and oxygen atoms in total. The van der Waals surface area contributed by atoms with Gasteiger partial charge in [0, 0.05) is 6.04 Å². The number of hydrogen-bond acceptors (Lipinski definition) is 1. The molecule has 0 radical (unpaired) electrons. The van der Waals surface area contributed by atoms with E-state index in [0.29, 0.717) is 6.04 Å². The van der Waals surface area contributed by atoms with Crippen LogP contribution in [0.2, 0.25) is 0 Å². The van der Waals surface area contributed by atoms with Gasteiger partial charge < -0.3 is 5.73 Å². The Morgan fingerprint density at radius 3 is 2.08 bits per heavy atom. The zero-order valence-electron chi connectivity index (χ0n) is 13.8. The molecule has 1 fully saturated rings. The van der Waals surface area contributed by atoms with Crippen LogP contribution < -0.4 is 5.73 Å². The van der Waals surface area contributed by atoms with Crippen LogP contribution in [-0.2, 0) is 32.9 Å². The van der Waals surface area contributed by atoms with Crippen molar-refractivity contribution in [2.24, 2.45) is 12.8 Å². The zero-order chi connectivity index (χ0) is 16.9. The molecule has 0 saturated heterocycles. The molecule has 24 heavy (non-hydrogen) atoms. The van der Waals surface area contributed by atoms with Gasteiger partial charge in [-0.3, -0.25) is 0 Å². The van der Waals surface area contributed by atoms with E-state index >= 15 is 0 Å². The van der Waals surface area contributed by atoms with Crippen LogP contribution in [0.1, 0.15) is 18.4 Å². The first-order valence-electron chi connectivity index (χ1n) is 8.21. The van der Waals surface area contributed by atoms with Gasteiger partial charge >= 0.3 is 130 Å². The van der Waals surface area contributed by atoms with Crippen LogP contribution in [0.25, 0.3) is 11.3 Å². The molecule has 1 aromatic heterocycles. The second-order valence-corrected chi connectivity index (χ2v) is 7.16. The summed E-state index contributed by atoms with van der Waals surface area (Å²) >= 11 is 2.39. The fourth-order valence-electron chi connectivity index (χ4n) is 2.43. The predicted molar refractivity (Wildman–Crippen MR) is 94.8 cm³/mol. The van der Waals surface area contributed by atoms with Gasteiger partial charge in [-0.2, -0.15) is 0 Å². The minimum absolute atomic E-state index is 0.583. The van der Waals surface area contributed by atoms with Gasteiger partial charge in [-0.05, 0) is 12.8 Å². The van der Waals surface area contributed by atoms with E-state index in [1.165, 1.54) is 33.5 Å². The van der Waals surface area contributed by atoms with Crippen molar-refractivity contribution >= 4 is 0 Å². The van der Waals surface area contributed by atoms with Crippen LogP contribution in [0.15, 0.2) is 66.9 Å². The van der Waals surface area contributed by atoms with Gasteiger partial charge in [0.15, 0.2) is 0 Å². The summed E-state index contributed by atoms with van der Waals surface area (Å²) in [5, 5.41) is 0. The Bertz CT molecular complexity index is 830. The first-order valence-corrected chi connectivity index (χ1v) is 9.35. The molecule has 0 spiro atoms. The normalized spacial score (nSPS) is 13.3. The summed E-state index contributed by atoms with van der Waals surface area (Å²) in [4.78, 5) is 0. The van der Waals surface area contributed by atoms with Crippen LogP contribution in [0.4, 0.5) is 0 Å². The molecule has 128 valence electrons. The number of nitrogens with zero attached hydrogens (tertiary/aromatic N) is 2. The Hall–Kier alpha value is -1.70. The minimum atomic E-state index is 0.583. The summed E-state index contributed by atoms with van der Waals surface area (Å²) in [5.41, 5.74) is 9.04. The maximum atomic E-state index is 5.22. The number of benzene rings is 2. The number of aryl methyl sites for hydroxylation is 1. The van der Waals surface area contributed by atoms with E-state index in [1.807, 2.05) is 0 Å². The molecule has 2 aromatic carbocycles. The van der Waals surface area contributed by atoms with Crippen molar-refractivity contribution in [2.45, 2.75) is 25.4 Å². The molecule has 3 aromatic rings. The van der Waals surface area contributed by atoms with Gasteiger partial charge in [-0.25, -0.2) is 0 Å². The van der Waals surface area contributed by atoms with Crippen molar-refractivity contribution in [3.8, 4) is 11.3 Å². The molecule has 4 heteroatoms. The summed E-state index contributed by atoms with van der Waals surface area (Å²) < 4.78 is 5.76. The van der Waals surface area contributed by atoms with E-state index in [0.717, 1.165) is 6.54 Å². The molecule has 2 N–H and O–H groups in total. The third kappa shape index (κ3) is 4.43. The molecular formula is C20H23N3Pt. The molecule has 0 atom stereocenters. The standard InChI is InChI=1S/C17H16N2.C3H7N.Pt/c1-18-13-17(16-10-6-3-7-11-16)19(14-18)12-15-8-4-2-5-9-15;4-3-1-2-3;/h2-11,13H,12H2,1H3;3H,1-2,4H2;. The van der Waals surface area contributed by atoms with E-state index in [4.69, 9.17) is 5.73 Å². The van der Waals surface area contributed by atoms with Crippen LogP contribution >= 0.6 is 0 Å². The van der Waals surface area contributed by atoms with Gasteiger partial charge in [0.25, 0.3) is 0 Å². The van der Waals surface area contributed by atoms with E-state index in [9.17, 15) is 0 Å². The first kappa shape index (κ1) is 17.1. The van der Waals surface area contributed by atoms with Crippen molar-refractivity contribution in [3.05, 3.63) is 76.2 Å². The van der Waals surface area contributed by atoms with Crippen LogP contribution in [0.5, 0.6) is 0 Å². The molecule has 0 bridgehead atoms. The summed E-state index contributed by atoms with van der Waals surface area (Å²) in [6, 6.07) is 21.7. The van der Waals surface area contributed by atoms with Crippen molar-refractivity contribution in [1.82, 2.24) is 9.13 Å². The van der Waals surface area contributed by atoms with Gasteiger partial charge in [-0.15, -0.1) is 0 Å². The summed E-state index contributed by atoms with van der Waals surface area (Å²) in [5.74, 6) is 0. The van der Waals surface area contributed by atoms with Crippen molar-refractivity contribution in [2.75, 3.05) is 0 Å². The first-order chi connectivity index (χ1) is 11.6. The second kappa shape index (κ2) is 7.91. The average molecular weight is 501 g/mol. The van der Waals surface area contributed by atoms with Crippen molar-refractivity contribution < 1.29 is 19.4 Å². The molecule has 1 aliphatic rings. The third-order valence-corrected chi connectivity index (χ3v) is 5.37. The molecule has 1 aliphatic carbocycles. The predicted octanol–water partition coefficient (Wildman–Crippen LogP) is 3.73. The summed E-state index contributed by atoms with van der Waals surface area (Å²) in [6.07, 6.45) is 4.72. The smallest absolute Gasteiger partial charge is 0.00399 e. The van der Waals surface area contributed by atoms with Crippen molar-refractivity contribution in [1.29, 1.82) is 0 Å². The van der Waals surface area contributed by atoms with Crippen molar-refractivity contribution in [3.63, 3.8) is 0 Å². The average Bonchev–Trinajstić information content (AvgIpc) is 3.36. The summed E-state index contributed by atoms with van der Waals surface area (Å²) in [7, 11) is 2.09. The maximum Gasteiger partial charge on any atom is 0.00399 e. The fourth-order valence-corrected chi connectivity index (χ4v) is 3.03. The van der Waals surface area contributed by atoms with E-state index in [-0.39, 0.29) is 0 Å². The van der Waals surface area contributed by atoms with Gasteiger partial charge in [0.1, 0.15) is 0 Å². The molecule has 1 heterocycles. The largest absolute Gasteiger partial charge is 0.328 e. The van der Waals surface area contributed by atoms with E-state index < -0.39 is 0 Å². The topological polar surface area (TPSA) is 35.9 Å². The number of aromatic nitrogens is 2. The monoisotopic (exact) mass is 500 g/mol. The van der Waals surface area contributed by atoms with Gasteiger partial charge in [0.2, 0.25) is 0 Å². The molecule has 0 aliphatic heterocycles. The van der Waals surface area contributed by atoms with Crippen LogP contribution in [0.3, 0.4) is 0 Å². The molecular weight excluding hydrogens is 477 g/mol.